The van der Waals surface area contributed by atoms with E-state index in [0.717, 1.165) is 26.2 Å². The minimum atomic E-state index is -0.414. The van der Waals surface area contributed by atoms with Crippen molar-refractivity contribution in [3.8, 4) is 5.75 Å². The van der Waals surface area contributed by atoms with Gasteiger partial charge in [-0.1, -0.05) is 12.1 Å². The fraction of sp³-hybridized carbons (Fsp3) is 0.538. The molecule has 0 bridgehead atoms. The number of rotatable bonds is 5. The molecular formula is C13H19N3O3. The molecule has 0 amide bonds. The van der Waals surface area contributed by atoms with Crippen molar-refractivity contribution < 1.29 is 9.66 Å². The van der Waals surface area contributed by atoms with E-state index in [9.17, 15) is 10.1 Å². The van der Waals surface area contributed by atoms with E-state index in [1.54, 1.807) is 18.2 Å². The van der Waals surface area contributed by atoms with Crippen LogP contribution in [-0.4, -0.2) is 48.7 Å². The smallest absolute Gasteiger partial charge is 0.310 e. The second-order valence-corrected chi connectivity index (χ2v) is 4.66. The summed E-state index contributed by atoms with van der Waals surface area (Å²) in [5.41, 5.74) is 0.0239. The fourth-order valence-electron chi connectivity index (χ4n) is 2.22. The van der Waals surface area contributed by atoms with Crippen LogP contribution in [0.1, 0.15) is 6.92 Å². The lowest BCUT2D eigenvalue weighted by atomic mass is 10.2. The number of benzene rings is 1. The van der Waals surface area contributed by atoms with Crippen LogP contribution >= 0.6 is 0 Å². The molecule has 2 rings (SSSR count). The van der Waals surface area contributed by atoms with Crippen LogP contribution in [-0.2, 0) is 0 Å². The van der Waals surface area contributed by atoms with Gasteiger partial charge in [0.25, 0.3) is 0 Å². The zero-order chi connectivity index (χ0) is 13.7. The van der Waals surface area contributed by atoms with Gasteiger partial charge in [0.05, 0.1) is 4.92 Å². The van der Waals surface area contributed by atoms with Crippen LogP contribution in [0.3, 0.4) is 0 Å². The third-order valence-electron chi connectivity index (χ3n) is 3.34. The van der Waals surface area contributed by atoms with Gasteiger partial charge in [-0.15, -0.1) is 0 Å². The summed E-state index contributed by atoms with van der Waals surface area (Å²) < 4.78 is 5.55. The van der Waals surface area contributed by atoms with Gasteiger partial charge in [0, 0.05) is 38.3 Å². The third-order valence-corrected chi connectivity index (χ3v) is 3.34. The number of hydrogen-bond donors (Lipinski definition) is 1. The maximum atomic E-state index is 10.8. The Morgan fingerprint density at radius 1 is 1.53 bits per heavy atom. The van der Waals surface area contributed by atoms with Crippen molar-refractivity contribution >= 4 is 5.69 Å². The van der Waals surface area contributed by atoms with Gasteiger partial charge in [0.1, 0.15) is 6.61 Å². The first kappa shape index (κ1) is 13.8. The van der Waals surface area contributed by atoms with Crippen molar-refractivity contribution in [3.05, 3.63) is 34.4 Å². The molecule has 1 aliphatic heterocycles. The lowest BCUT2D eigenvalue weighted by Gasteiger charge is -2.33. The zero-order valence-electron chi connectivity index (χ0n) is 11.0. The number of piperazine rings is 1. The molecule has 6 heteroatoms. The molecule has 0 aliphatic carbocycles. The Kier molecular flexibility index (Phi) is 4.70. The molecule has 1 fully saturated rings. The van der Waals surface area contributed by atoms with Gasteiger partial charge in [-0.25, -0.2) is 0 Å². The number of nitro groups is 1. The lowest BCUT2D eigenvalue weighted by molar-refractivity contribution is -0.385. The molecule has 1 aromatic carbocycles. The van der Waals surface area contributed by atoms with Gasteiger partial charge in [-0.3, -0.25) is 15.0 Å². The molecule has 0 unspecified atom stereocenters. The predicted molar refractivity (Wildman–Crippen MR) is 72.5 cm³/mol. The van der Waals surface area contributed by atoms with E-state index in [-0.39, 0.29) is 5.69 Å². The summed E-state index contributed by atoms with van der Waals surface area (Å²) in [7, 11) is 0. The van der Waals surface area contributed by atoms with Gasteiger partial charge in [-0.05, 0) is 13.0 Å². The monoisotopic (exact) mass is 265 g/mol. The molecule has 1 aliphatic rings. The third kappa shape index (κ3) is 3.65. The molecule has 6 nitrogen and oxygen atoms in total. The Morgan fingerprint density at radius 2 is 2.32 bits per heavy atom. The zero-order valence-corrected chi connectivity index (χ0v) is 11.0. The van der Waals surface area contributed by atoms with Crippen LogP contribution in [0.2, 0.25) is 0 Å². The summed E-state index contributed by atoms with van der Waals surface area (Å²) in [6, 6.07) is 6.96. The highest BCUT2D eigenvalue weighted by Crippen LogP contribution is 2.25. The standard InChI is InChI=1S/C13H19N3O3/c1-11-10-14-6-7-15(11)8-9-19-13-5-3-2-4-12(13)16(17)18/h2-5,11,14H,6-10H2,1H3/t11-/m1/s1. The van der Waals surface area contributed by atoms with E-state index < -0.39 is 4.92 Å². The van der Waals surface area contributed by atoms with Crippen LogP contribution in [0.4, 0.5) is 5.69 Å². The predicted octanol–water partition coefficient (Wildman–Crippen LogP) is 1.27. The SMILES string of the molecule is C[C@@H]1CNCCN1CCOc1ccccc1[N+](=O)[O-]. The summed E-state index contributed by atoms with van der Waals surface area (Å²) in [4.78, 5) is 12.8. The second-order valence-electron chi connectivity index (χ2n) is 4.66. The average molecular weight is 265 g/mol. The molecular weight excluding hydrogens is 246 g/mol. The maximum absolute atomic E-state index is 10.8. The summed E-state index contributed by atoms with van der Waals surface area (Å²) in [6.45, 7) is 6.37. The highest BCUT2D eigenvalue weighted by molar-refractivity contribution is 5.45. The quantitative estimate of drug-likeness (QED) is 0.641. The van der Waals surface area contributed by atoms with E-state index in [1.807, 2.05) is 0 Å². The highest BCUT2D eigenvalue weighted by Gasteiger charge is 2.18. The van der Waals surface area contributed by atoms with E-state index in [2.05, 4.69) is 17.1 Å². The Hall–Kier alpha value is -1.66. The molecule has 1 saturated heterocycles. The number of ether oxygens (including phenoxy) is 1. The first-order valence-corrected chi connectivity index (χ1v) is 6.49. The second kappa shape index (κ2) is 6.49. The lowest BCUT2D eigenvalue weighted by Crippen LogP contribution is -2.50. The molecule has 1 aromatic rings. The summed E-state index contributed by atoms with van der Waals surface area (Å²) in [6.07, 6.45) is 0. The minimum Gasteiger partial charge on any atom is -0.485 e. The van der Waals surface area contributed by atoms with Crippen LogP contribution in [0.5, 0.6) is 5.75 Å². The molecule has 0 radical (unpaired) electrons. The van der Waals surface area contributed by atoms with E-state index in [4.69, 9.17) is 4.74 Å². The molecule has 1 N–H and O–H groups in total. The number of nitrogens with zero attached hydrogens (tertiary/aromatic N) is 2. The van der Waals surface area contributed by atoms with Crippen molar-refractivity contribution in [1.82, 2.24) is 10.2 Å². The number of nitrogens with one attached hydrogen (secondary N) is 1. The van der Waals surface area contributed by atoms with E-state index in [1.165, 1.54) is 6.07 Å². The van der Waals surface area contributed by atoms with Crippen LogP contribution in [0.15, 0.2) is 24.3 Å². The topological polar surface area (TPSA) is 67.6 Å². The first-order chi connectivity index (χ1) is 9.18. The Labute approximate surface area is 112 Å². The number of hydrogen-bond acceptors (Lipinski definition) is 5. The van der Waals surface area contributed by atoms with Gasteiger partial charge in [0.2, 0.25) is 0 Å². The van der Waals surface area contributed by atoms with E-state index in [0.29, 0.717) is 18.4 Å². The van der Waals surface area contributed by atoms with Gasteiger partial charge in [0.15, 0.2) is 5.75 Å². The fourth-order valence-corrected chi connectivity index (χ4v) is 2.22. The molecule has 19 heavy (non-hydrogen) atoms. The Bertz CT molecular complexity index is 439. The Balaban J connectivity index is 1.87. The van der Waals surface area contributed by atoms with Crippen molar-refractivity contribution in [3.63, 3.8) is 0 Å². The normalized spacial score (nSPS) is 20.2. The molecule has 1 heterocycles. The van der Waals surface area contributed by atoms with Crippen LogP contribution < -0.4 is 10.1 Å². The summed E-state index contributed by atoms with van der Waals surface area (Å²) >= 11 is 0. The first-order valence-electron chi connectivity index (χ1n) is 6.49. The molecule has 0 saturated carbocycles. The van der Waals surface area contributed by atoms with Gasteiger partial charge < -0.3 is 10.1 Å². The molecule has 104 valence electrons. The van der Waals surface area contributed by atoms with Gasteiger partial charge in [-0.2, -0.15) is 0 Å². The largest absolute Gasteiger partial charge is 0.485 e. The summed E-state index contributed by atoms with van der Waals surface area (Å²) in [5.74, 6) is 0.343. The molecule has 0 spiro atoms. The maximum Gasteiger partial charge on any atom is 0.310 e. The van der Waals surface area contributed by atoms with Crippen LogP contribution in [0, 0.1) is 10.1 Å². The van der Waals surface area contributed by atoms with Gasteiger partial charge >= 0.3 is 5.69 Å². The average Bonchev–Trinajstić information content (AvgIpc) is 2.41. The van der Waals surface area contributed by atoms with Crippen molar-refractivity contribution in [2.24, 2.45) is 0 Å². The van der Waals surface area contributed by atoms with E-state index >= 15 is 0 Å². The van der Waals surface area contributed by atoms with Crippen LogP contribution in [0.25, 0.3) is 0 Å². The van der Waals surface area contributed by atoms with Crippen molar-refractivity contribution in [1.29, 1.82) is 0 Å². The number of para-hydroxylation sites is 2. The number of nitro benzene ring substituents is 1. The summed E-state index contributed by atoms with van der Waals surface area (Å²) in [5, 5.41) is 14.2. The highest BCUT2D eigenvalue weighted by atomic mass is 16.6. The van der Waals surface area contributed by atoms with Crippen molar-refractivity contribution in [2.45, 2.75) is 13.0 Å². The molecule has 0 aromatic heterocycles. The Morgan fingerprint density at radius 3 is 3.05 bits per heavy atom. The molecule has 1 atom stereocenters. The minimum absolute atomic E-state index is 0.0239. The van der Waals surface area contributed by atoms with Crippen molar-refractivity contribution in [2.75, 3.05) is 32.8 Å².